The van der Waals surface area contributed by atoms with E-state index in [-0.39, 0.29) is 17.4 Å². The number of Topliss-reactive ketones (excluding diaryl/α,β-unsaturated/α-hetero) is 1. The number of thiophene rings is 1. The summed E-state index contributed by atoms with van der Waals surface area (Å²) in [6.07, 6.45) is 0.566. The monoisotopic (exact) mass is 575 g/mol. The lowest BCUT2D eigenvalue weighted by Gasteiger charge is -2.23. The number of amides is 2. The van der Waals surface area contributed by atoms with E-state index in [4.69, 9.17) is 0 Å². The summed E-state index contributed by atoms with van der Waals surface area (Å²) in [4.78, 5) is 46.1. The van der Waals surface area contributed by atoms with Crippen LogP contribution in [0.4, 0.5) is 24.5 Å². The molecule has 1 saturated carbocycles. The van der Waals surface area contributed by atoms with Crippen molar-refractivity contribution >= 4 is 40.3 Å². The summed E-state index contributed by atoms with van der Waals surface area (Å²) >= 11 is 1.48. The van der Waals surface area contributed by atoms with Crippen molar-refractivity contribution in [2.24, 2.45) is 5.92 Å². The fraction of sp³-hybridized carbons (Fsp3) is 0.226. The highest BCUT2D eigenvalue weighted by molar-refractivity contribution is 7.17. The zero-order valence-electron chi connectivity index (χ0n) is 21.7. The topological polar surface area (TPSA) is 79.4 Å². The van der Waals surface area contributed by atoms with E-state index in [1.54, 1.807) is 4.90 Å². The number of fused-ring (bicyclic) bond motifs is 3. The predicted octanol–water partition coefficient (Wildman–Crippen LogP) is 7.27. The molecule has 1 N–H and O–H groups in total. The van der Waals surface area contributed by atoms with Crippen LogP contribution in [-0.2, 0) is 12.6 Å². The van der Waals surface area contributed by atoms with E-state index in [1.165, 1.54) is 35.6 Å². The first kappa shape index (κ1) is 26.9. The van der Waals surface area contributed by atoms with E-state index in [0.717, 1.165) is 57.9 Å². The van der Waals surface area contributed by atoms with Crippen molar-refractivity contribution < 1.29 is 27.6 Å². The first-order valence-corrected chi connectivity index (χ1v) is 14.0. The summed E-state index contributed by atoms with van der Waals surface area (Å²) in [5, 5.41) is 2.45. The van der Waals surface area contributed by atoms with Crippen LogP contribution in [0.2, 0.25) is 0 Å². The molecular formula is C31H24F3N3O3S. The van der Waals surface area contributed by atoms with Crippen LogP contribution in [0, 0.1) is 5.92 Å². The van der Waals surface area contributed by atoms with Crippen LogP contribution in [0.5, 0.6) is 0 Å². The van der Waals surface area contributed by atoms with Gasteiger partial charge in [-0.05, 0) is 73.2 Å². The normalized spacial score (nSPS) is 14.6. The number of nitrogens with one attached hydrogen (secondary N) is 1. The Bertz CT molecular complexity index is 1660. The Morgan fingerprint density at radius 2 is 1.78 bits per heavy atom. The highest BCUT2D eigenvalue weighted by atomic mass is 32.1. The molecule has 2 amide bonds. The molecule has 6 rings (SSSR count). The number of carbonyl (C=O) groups is 3. The van der Waals surface area contributed by atoms with Crippen molar-refractivity contribution in [1.29, 1.82) is 0 Å². The van der Waals surface area contributed by atoms with E-state index in [2.05, 4.69) is 10.3 Å². The van der Waals surface area contributed by atoms with Gasteiger partial charge in [0.15, 0.2) is 5.78 Å². The number of nitrogens with zero attached hydrogens (tertiary/aromatic N) is 2. The molecule has 41 heavy (non-hydrogen) atoms. The minimum absolute atomic E-state index is 0.182. The van der Waals surface area contributed by atoms with Gasteiger partial charge in [0.05, 0.1) is 21.7 Å². The molecule has 4 aromatic rings. The number of alkyl halides is 3. The van der Waals surface area contributed by atoms with Gasteiger partial charge in [0.2, 0.25) is 0 Å². The summed E-state index contributed by atoms with van der Waals surface area (Å²) in [6, 6.07) is 16.4. The van der Waals surface area contributed by atoms with Gasteiger partial charge >= 0.3 is 6.18 Å². The van der Waals surface area contributed by atoms with E-state index >= 15 is 0 Å². The fourth-order valence-corrected chi connectivity index (χ4v) is 6.20. The first-order valence-electron chi connectivity index (χ1n) is 13.2. The number of benzene rings is 2. The maximum absolute atomic E-state index is 13.7. The van der Waals surface area contributed by atoms with Crippen LogP contribution in [-0.4, -0.2) is 29.1 Å². The Hall–Kier alpha value is -4.31. The molecule has 0 spiro atoms. The summed E-state index contributed by atoms with van der Waals surface area (Å²) in [5.74, 6) is -0.507. The largest absolute Gasteiger partial charge is 0.417 e. The Morgan fingerprint density at radius 3 is 2.51 bits per heavy atom. The van der Waals surface area contributed by atoms with Crippen LogP contribution in [0.15, 0.2) is 73.1 Å². The number of hydrogen-bond donors (Lipinski definition) is 1. The molecule has 2 aromatic carbocycles. The Kier molecular flexibility index (Phi) is 6.94. The number of ketones is 1. The van der Waals surface area contributed by atoms with Gasteiger partial charge in [0.25, 0.3) is 11.8 Å². The molecule has 6 nitrogen and oxygen atoms in total. The number of aromatic nitrogens is 1. The van der Waals surface area contributed by atoms with Gasteiger partial charge in [-0.25, -0.2) is 0 Å². The van der Waals surface area contributed by atoms with Crippen LogP contribution >= 0.6 is 11.3 Å². The average Bonchev–Trinajstić information content (AvgIpc) is 3.71. The molecule has 10 heteroatoms. The van der Waals surface area contributed by atoms with E-state index in [1.807, 2.05) is 30.3 Å². The third-order valence-corrected chi connectivity index (χ3v) is 8.56. The molecule has 1 aliphatic carbocycles. The number of rotatable bonds is 6. The van der Waals surface area contributed by atoms with Gasteiger partial charge in [0, 0.05) is 47.1 Å². The van der Waals surface area contributed by atoms with Gasteiger partial charge in [-0.15, -0.1) is 11.3 Å². The molecule has 2 aromatic heterocycles. The predicted molar refractivity (Wildman–Crippen MR) is 150 cm³/mol. The first-order chi connectivity index (χ1) is 19.7. The van der Waals surface area contributed by atoms with E-state index in [0.29, 0.717) is 30.9 Å². The van der Waals surface area contributed by atoms with Crippen molar-refractivity contribution in [1.82, 2.24) is 4.98 Å². The van der Waals surface area contributed by atoms with E-state index < -0.39 is 23.2 Å². The third-order valence-electron chi connectivity index (χ3n) is 7.31. The number of para-hydroxylation sites is 1. The average molecular weight is 576 g/mol. The zero-order chi connectivity index (χ0) is 28.7. The van der Waals surface area contributed by atoms with Gasteiger partial charge in [-0.1, -0.05) is 18.2 Å². The molecule has 1 fully saturated rings. The SMILES string of the molecule is O=C(CC1CC1)c1cc2c(s1)-c1ccccc1N(C(=O)c1ccc(NC(=O)c3cnccc3C(F)(F)F)cc1)CC2. The van der Waals surface area contributed by atoms with Crippen LogP contribution in [0.25, 0.3) is 10.4 Å². The number of anilines is 2. The van der Waals surface area contributed by atoms with Gasteiger partial charge < -0.3 is 10.2 Å². The zero-order valence-corrected chi connectivity index (χ0v) is 22.5. The van der Waals surface area contributed by atoms with Crippen LogP contribution in [0.1, 0.15) is 60.8 Å². The molecular weight excluding hydrogens is 551 g/mol. The van der Waals surface area contributed by atoms with Crippen molar-refractivity contribution in [2.75, 3.05) is 16.8 Å². The third kappa shape index (κ3) is 5.52. The molecule has 3 heterocycles. The van der Waals surface area contributed by atoms with Crippen LogP contribution < -0.4 is 10.2 Å². The highest BCUT2D eigenvalue weighted by Gasteiger charge is 2.35. The molecule has 0 atom stereocenters. The summed E-state index contributed by atoms with van der Waals surface area (Å²) in [5.41, 5.74) is 1.61. The van der Waals surface area contributed by atoms with Crippen molar-refractivity contribution in [2.45, 2.75) is 31.9 Å². The lowest BCUT2D eigenvalue weighted by molar-refractivity contribution is -0.138. The van der Waals surface area contributed by atoms with E-state index in [9.17, 15) is 27.6 Å². The standard InChI is InChI=1S/C31H24F3N3O3S/c32-31(33,34)24-11-13-35-17-23(24)29(39)36-21-9-7-19(8-10-21)30(40)37-14-12-20-16-27(26(38)15-18-5-6-18)41-28(20)22-3-1-2-4-25(22)37/h1-4,7-11,13,16-18H,5-6,12,14-15H2,(H,36,39). The van der Waals surface area contributed by atoms with Gasteiger partial charge in [-0.2, -0.15) is 13.2 Å². The molecule has 0 radical (unpaired) electrons. The lowest BCUT2D eigenvalue weighted by Crippen LogP contribution is -2.32. The molecule has 2 aliphatic rings. The number of halogens is 3. The summed E-state index contributed by atoms with van der Waals surface area (Å²) in [7, 11) is 0. The Labute approximate surface area is 237 Å². The quantitative estimate of drug-likeness (QED) is 0.245. The molecule has 208 valence electrons. The Balaban J connectivity index is 1.21. The second kappa shape index (κ2) is 10.6. The fourth-order valence-electron chi connectivity index (χ4n) is 5.00. The van der Waals surface area contributed by atoms with Crippen molar-refractivity contribution in [3.05, 3.63) is 100 Å². The van der Waals surface area contributed by atoms with Crippen molar-refractivity contribution in [3.63, 3.8) is 0 Å². The van der Waals surface area contributed by atoms with Crippen molar-refractivity contribution in [3.8, 4) is 10.4 Å². The number of hydrogen-bond acceptors (Lipinski definition) is 5. The maximum Gasteiger partial charge on any atom is 0.417 e. The minimum atomic E-state index is -4.70. The molecule has 0 saturated heterocycles. The molecule has 0 bridgehead atoms. The highest BCUT2D eigenvalue weighted by Crippen LogP contribution is 2.43. The molecule has 1 aliphatic heterocycles. The van der Waals surface area contributed by atoms with Gasteiger partial charge in [0.1, 0.15) is 0 Å². The lowest BCUT2D eigenvalue weighted by atomic mass is 10.1. The minimum Gasteiger partial charge on any atom is -0.322 e. The Morgan fingerprint density at radius 1 is 1.02 bits per heavy atom. The maximum atomic E-state index is 13.7. The number of pyridine rings is 1. The van der Waals surface area contributed by atoms with Crippen LogP contribution in [0.3, 0.4) is 0 Å². The second-order valence-electron chi connectivity index (χ2n) is 10.2. The van der Waals surface area contributed by atoms with Gasteiger partial charge in [-0.3, -0.25) is 19.4 Å². The number of carbonyl (C=O) groups excluding carboxylic acids is 3. The summed E-state index contributed by atoms with van der Waals surface area (Å²) < 4.78 is 39.9. The summed E-state index contributed by atoms with van der Waals surface area (Å²) in [6.45, 7) is 0.412. The smallest absolute Gasteiger partial charge is 0.322 e. The molecule has 0 unspecified atom stereocenters. The second-order valence-corrected chi connectivity index (χ2v) is 11.3.